The molecule has 0 aromatic heterocycles. The fraction of sp³-hybridized carbons (Fsp3) is 0.363. The number of rotatable bonds is 31. The minimum absolute atomic E-state index is 0.231. The van der Waals surface area contributed by atoms with Gasteiger partial charge in [-0.1, -0.05) is 414 Å². The van der Waals surface area contributed by atoms with Gasteiger partial charge in [0.15, 0.2) is 0 Å². The molecule has 11 aromatic rings. The summed E-state index contributed by atoms with van der Waals surface area (Å²) in [6.07, 6.45) is 29.6. The maximum Gasteiger partial charge on any atom is 0.258 e. The number of anilines is 4. The van der Waals surface area contributed by atoms with Gasteiger partial charge in [0.05, 0.1) is 29.3 Å². The van der Waals surface area contributed by atoms with Crippen LogP contribution < -0.4 is 19.6 Å². The Morgan fingerprint density at radius 1 is 0.167 bits per heavy atom. The van der Waals surface area contributed by atoms with Crippen LogP contribution in [-0.2, 0) is 60.9 Å². The third-order valence-electron chi connectivity index (χ3n) is 28.9. The predicted molar refractivity (Wildman–Crippen MR) is 626 cm³/mol. The molecule has 0 radical (unpaired) electrons. The van der Waals surface area contributed by atoms with Gasteiger partial charge in [0, 0.05) is 60.8 Å². The van der Waals surface area contributed by atoms with Gasteiger partial charge in [0.2, 0.25) is 0 Å². The van der Waals surface area contributed by atoms with Gasteiger partial charge in [-0.25, -0.2) is 19.6 Å². The number of carbonyl (C=O) groups excluding carboxylic acids is 10. The number of hydrogen-bond donors (Lipinski definition) is 0. The number of benzene rings is 11. The molecule has 0 N–H and O–H groups in total. The minimum atomic E-state index is -0.272. The second-order valence-electron chi connectivity index (χ2n) is 39.4. The summed E-state index contributed by atoms with van der Waals surface area (Å²) in [4.78, 5) is 121. The highest BCUT2D eigenvalue weighted by atomic mass is 16.2. The molecule has 11 unspecified atom stereocenters. The SMILES string of the molecule is CCC(C)c1ccc(CN2C(=O)C=CC2=O)cc1.CCC(C)c1ccc(N2C(=O)C=CC2=O)cc1.CCC(C)c1ccc(N2C(=O)C=CC2=O)cc1.CCC(C)c1ccc(N2C(=O)C=CC2=O)cc1.CCC(C)c1ccc(N2C(=O)C=CC2=O)cc1.CCC(C)c1ccccc1.CCC(C)c1ccccc1.CCC(C)c1ccccc1.CCC(C)c1ccccc1.CCC(C)c1ccccc1.CCCCc1ccc(C(C)CC)cc1. The first-order valence-corrected chi connectivity index (χ1v) is 54.7. The molecule has 15 nitrogen and oxygen atoms in total. The Balaban J connectivity index is 0.000000254. The number of nitrogens with zero attached hydrogens (tertiary/aromatic N) is 5. The van der Waals surface area contributed by atoms with Crippen LogP contribution in [0.15, 0.2) is 358 Å². The van der Waals surface area contributed by atoms with Gasteiger partial charge in [0.25, 0.3) is 59.1 Å². The van der Waals surface area contributed by atoms with Gasteiger partial charge in [-0.3, -0.25) is 52.8 Å². The van der Waals surface area contributed by atoms with Crippen LogP contribution >= 0.6 is 0 Å². The molecule has 5 heterocycles. The maximum atomic E-state index is 11.5. The van der Waals surface area contributed by atoms with Crippen LogP contribution in [0.3, 0.4) is 0 Å². The summed E-state index contributed by atoms with van der Waals surface area (Å²) in [5, 5.41) is 0. The lowest BCUT2D eigenvalue weighted by molar-refractivity contribution is -0.137. The number of carbonyl (C=O) groups is 10. The van der Waals surface area contributed by atoms with Crippen LogP contribution in [0, 0.1) is 0 Å². The second kappa shape index (κ2) is 67.7. The van der Waals surface area contributed by atoms with Crippen molar-refractivity contribution in [2.24, 2.45) is 0 Å². The van der Waals surface area contributed by atoms with E-state index in [1.54, 1.807) is 0 Å². The van der Waals surface area contributed by atoms with Crippen molar-refractivity contribution in [1.29, 1.82) is 0 Å². The normalized spacial score (nSPS) is 15.1. The molecule has 0 aliphatic carbocycles. The van der Waals surface area contributed by atoms with Crippen LogP contribution in [0.25, 0.3) is 0 Å². The molecular weight excluding hydrogens is 1850 g/mol. The Morgan fingerprint density at radius 2 is 0.307 bits per heavy atom. The smallest absolute Gasteiger partial charge is 0.258 e. The van der Waals surface area contributed by atoms with Gasteiger partial charge >= 0.3 is 0 Å². The Labute approximate surface area is 899 Å². The van der Waals surface area contributed by atoms with E-state index in [-0.39, 0.29) is 59.1 Å². The van der Waals surface area contributed by atoms with Crippen LogP contribution in [0.1, 0.15) is 380 Å². The molecule has 10 amide bonds. The van der Waals surface area contributed by atoms with Crippen molar-refractivity contribution >= 4 is 81.8 Å². The summed E-state index contributed by atoms with van der Waals surface area (Å²) >= 11 is 0. The Hall–Kier alpha value is -14.2. The standard InChI is InChI=1S/C15H17NO2.4C14H15NO2.C14H22.5C10H14/c1-3-11(2)13-6-4-12(5-7-13)10-16-14(17)8-9-15(16)18;4*1-3-10(2)11-4-6-12(7-5-11)15-13(16)8-9-14(15)17;1-4-6-7-13-8-10-14(11-9-13)12(3)5-2;5*1-3-9(2)10-7-5-4-6-8-10/h4-9,11H,3,10H2,1-2H3;4*4-10H,3H2,1-2H3;8-12H,4-7H2,1-3H3;5*4-9H,3H2,1-2H3. The summed E-state index contributed by atoms with van der Waals surface area (Å²) in [6.45, 7) is 51.0. The van der Waals surface area contributed by atoms with Gasteiger partial charge in [-0.05, 0) is 269 Å². The molecule has 0 bridgehead atoms. The Bertz CT molecular complexity index is 5320. The summed E-state index contributed by atoms with van der Waals surface area (Å²) < 4.78 is 0. The molecule has 11 atom stereocenters. The first-order chi connectivity index (χ1) is 72.1. The summed E-state index contributed by atoms with van der Waals surface area (Å²) in [6, 6.07) is 101. The molecule has 0 fully saturated rings. The maximum absolute atomic E-state index is 11.5. The van der Waals surface area contributed by atoms with Gasteiger partial charge in [-0.2, -0.15) is 0 Å². The highest BCUT2D eigenvalue weighted by molar-refractivity contribution is 6.30. The lowest BCUT2D eigenvalue weighted by atomic mass is 9.97. The van der Waals surface area contributed by atoms with Crippen LogP contribution in [-0.4, -0.2) is 64.0 Å². The molecule has 0 saturated carbocycles. The van der Waals surface area contributed by atoms with E-state index in [9.17, 15) is 47.9 Å². The van der Waals surface area contributed by atoms with Crippen LogP contribution in [0.4, 0.5) is 22.7 Å². The zero-order chi connectivity index (χ0) is 110. The van der Waals surface area contributed by atoms with E-state index in [2.05, 4.69) is 347 Å². The monoisotopic (exact) mass is 2020 g/mol. The molecule has 16 rings (SSSR count). The quantitative estimate of drug-likeness (QED) is 0.0378. The summed E-state index contributed by atoms with van der Waals surface area (Å²) in [7, 11) is 0. The highest BCUT2D eigenvalue weighted by Gasteiger charge is 2.30. The minimum Gasteiger partial charge on any atom is -0.271 e. The zero-order valence-electron chi connectivity index (χ0n) is 93.8. The Morgan fingerprint density at radius 3 is 0.460 bits per heavy atom. The summed E-state index contributed by atoms with van der Waals surface area (Å²) in [5.74, 6) is 4.12. The summed E-state index contributed by atoms with van der Waals surface area (Å²) in [5.41, 5.74) is 19.9. The van der Waals surface area contributed by atoms with Crippen molar-refractivity contribution in [3.8, 4) is 0 Å². The van der Waals surface area contributed by atoms with Crippen molar-refractivity contribution in [2.45, 2.75) is 321 Å². The van der Waals surface area contributed by atoms with Gasteiger partial charge < -0.3 is 0 Å². The fourth-order valence-electron chi connectivity index (χ4n) is 16.0. The topological polar surface area (TPSA) is 187 Å². The molecule has 0 saturated heterocycles. The predicted octanol–water partition coefficient (Wildman–Crippen LogP) is 33.7. The molecule has 0 spiro atoms. The number of aryl methyl sites for hydroxylation is 1. The van der Waals surface area contributed by atoms with Crippen molar-refractivity contribution in [1.82, 2.24) is 4.90 Å². The van der Waals surface area contributed by atoms with E-state index in [4.69, 9.17) is 0 Å². The van der Waals surface area contributed by atoms with Crippen molar-refractivity contribution in [3.63, 3.8) is 0 Å². The van der Waals surface area contributed by atoms with E-state index in [0.717, 1.165) is 37.7 Å². The molecule has 794 valence electrons. The zero-order valence-corrected chi connectivity index (χ0v) is 93.8. The number of hydrogen-bond acceptors (Lipinski definition) is 10. The largest absolute Gasteiger partial charge is 0.271 e. The van der Waals surface area contributed by atoms with Crippen molar-refractivity contribution in [3.05, 3.63) is 430 Å². The average molecular weight is 2020 g/mol. The fourth-order valence-corrected chi connectivity index (χ4v) is 16.0. The van der Waals surface area contributed by atoms with E-state index in [1.807, 2.05) is 109 Å². The van der Waals surface area contributed by atoms with Crippen molar-refractivity contribution < 1.29 is 47.9 Å². The molecule has 150 heavy (non-hydrogen) atoms. The van der Waals surface area contributed by atoms with Crippen molar-refractivity contribution in [2.75, 3.05) is 19.6 Å². The number of unbranched alkanes of at least 4 members (excludes halogenated alkanes) is 1. The van der Waals surface area contributed by atoms with E-state index >= 15 is 0 Å². The van der Waals surface area contributed by atoms with Crippen LogP contribution in [0.5, 0.6) is 0 Å². The first-order valence-electron chi connectivity index (χ1n) is 54.7. The highest BCUT2D eigenvalue weighted by Crippen LogP contribution is 2.32. The second-order valence-corrected chi connectivity index (χ2v) is 39.4. The van der Waals surface area contributed by atoms with Gasteiger partial charge in [-0.15, -0.1) is 0 Å². The van der Waals surface area contributed by atoms with E-state index < -0.39 is 0 Å². The molecule has 5 aliphatic rings. The molecular formula is C135H169N5O10. The third kappa shape index (κ3) is 40.7. The number of imide groups is 5. The van der Waals surface area contributed by atoms with Gasteiger partial charge in [0.1, 0.15) is 0 Å². The lowest BCUT2D eigenvalue weighted by Crippen LogP contribution is -2.29. The molecule has 15 heteroatoms. The first kappa shape index (κ1) is 124. The van der Waals surface area contributed by atoms with E-state index in [0.29, 0.717) is 94.4 Å². The average Bonchev–Trinajstić information content (AvgIpc) is 1.67. The van der Waals surface area contributed by atoms with E-state index in [1.165, 1.54) is 210 Å². The number of amides is 10. The lowest BCUT2D eigenvalue weighted by Gasteiger charge is -2.15. The van der Waals surface area contributed by atoms with Crippen LogP contribution in [0.2, 0.25) is 0 Å². The molecule has 11 aromatic carbocycles. The molecule has 5 aliphatic heterocycles. The Kier molecular flexibility index (Phi) is 56.2. The third-order valence-corrected chi connectivity index (χ3v) is 28.9.